The summed E-state index contributed by atoms with van der Waals surface area (Å²) in [5.74, 6) is 0.810. The number of methoxy groups -OCH3 is 2. The highest BCUT2D eigenvalue weighted by Crippen LogP contribution is 2.27. The Balaban J connectivity index is 2.34. The number of sulfonamides is 1. The Hall–Kier alpha value is -1.27. The second-order valence-electron chi connectivity index (χ2n) is 6.24. The Kier molecular flexibility index (Phi) is 10.6. The predicted molar refractivity (Wildman–Crippen MR) is 102 cm³/mol. The molecule has 0 heterocycles. The van der Waals surface area contributed by atoms with Crippen LogP contribution in [0.25, 0.3) is 0 Å². The van der Waals surface area contributed by atoms with Crippen LogP contribution in [0.5, 0.6) is 11.5 Å². The summed E-state index contributed by atoms with van der Waals surface area (Å²) in [4.78, 5) is 0.116. The van der Waals surface area contributed by atoms with Crippen molar-refractivity contribution in [3.63, 3.8) is 0 Å². The Labute approximate surface area is 153 Å². The monoisotopic (exact) mass is 371 g/mol. The summed E-state index contributed by atoms with van der Waals surface area (Å²) >= 11 is 0. The van der Waals surface area contributed by atoms with Crippen molar-refractivity contribution >= 4 is 10.0 Å². The van der Waals surface area contributed by atoms with E-state index in [9.17, 15) is 8.42 Å². The van der Waals surface area contributed by atoms with Crippen LogP contribution in [0.3, 0.4) is 0 Å². The van der Waals surface area contributed by atoms with E-state index >= 15 is 0 Å². The number of ether oxygens (including phenoxy) is 2. The van der Waals surface area contributed by atoms with Crippen LogP contribution in [0.15, 0.2) is 23.1 Å². The van der Waals surface area contributed by atoms with Gasteiger partial charge in [-0.2, -0.15) is 0 Å². The van der Waals surface area contributed by atoms with Crippen LogP contribution in [0.1, 0.15) is 64.7 Å². The van der Waals surface area contributed by atoms with Crippen molar-refractivity contribution in [2.75, 3.05) is 20.8 Å². The molecule has 0 aromatic heterocycles. The molecule has 0 spiro atoms. The molecule has 1 rings (SSSR count). The largest absolute Gasteiger partial charge is 0.497 e. The zero-order valence-electron chi connectivity index (χ0n) is 15.8. The summed E-state index contributed by atoms with van der Waals surface area (Å²) in [5.41, 5.74) is 0. The third kappa shape index (κ3) is 8.10. The summed E-state index contributed by atoms with van der Waals surface area (Å²) in [5, 5.41) is 0. The van der Waals surface area contributed by atoms with Gasteiger partial charge in [-0.05, 0) is 18.6 Å². The molecule has 1 N–H and O–H groups in total. The molecule has 5 nitrogen and oxygen atoms in total. The van der Waals surface area contributed by atoms with Crippen LogP contribution in [0.2, 0.25) is 0 Å². The maximum Gasteiger partial charge on any atom is 0.244 e. The van der Waals surface area contributed by atoms with E-state index in [4.69, 9.17) is 9.47 Å². The normalized spacial score (nSPS) is 11.5. The van der Waals surface area contributed by atoms with Gasteiger partial charge in [0.05, 0.1) is 14.2 Å². The standard InChI is InChI=1S/C19H33NO4S/c1-4-5-6-7-8-9-10-11-12-15-20-25(21,22)19-16-17(23-2)13-14-18(19)24-3/h13-14,16,20H,4-12,15H2,1-3H3. The van der Waals surface area contributed by atoms with E-state index in [0.29, 0.717) is 18.0 Å². The highest BCUT2D eigenvalue weighted by molar-refractivity contribution is 7.89. The van der Waals surface area contributed by atoms with E-state index < -0.39 is 10.0 Å². The Morgan fingerprint density at radius 3 is 2.04 bits per heavy atom. The van der Waals surface area contributed by atoms with Gasteiger partial charge in [-0.1, -0.05) is 58.3 Å². The van der Waals surface area contributed by atoms with E-state index in [1.165, 1.54) is 58.8 Å². The van der Waals surface area contributed by atoms with Crippen LogP contribution >= 0.6 is 0 Å². The first kappa shape index (κ1) is 21.8. The molecule has 0 aliphatic carbocycles. The molecular formula is C19H33NO4S. The van der Waals surface area contributed by atoms with Crippen molar-refractivity contribution < 1.29 is 17.9 Å². The zero-order valence-corrected chi connectivity index (χ0v) is 16.7. The van der Waals surface area contributed by atoms with Crippen LogP contribution in [-0.2, 0) is 10.0 Å². The van der Waals surface area contributed by atoms with Crippen LogP contribution in [-0.4, -0.2) is 29.2 Å². The van der Waals surface area contributed by atoms with Crippen LogP contribution in [0, 0.1) is 0 Å². The number of rotatable bonds is 14. The molecule has 1 aromatic carbocycles. The summed E-state index contributed by atoms with van der Waals surface area (Å²) in [7, 11) is -0.631. The van der Waals surface area contributed by atoms with Crippen LogP contribution in [0.4, 0.5) is 0 Å². The quantitative estimate of drug-likeness (QED) is 0.489. The summed E-state index contributed by atoms with van der Waals surface area (Å²) in [6, 6.07) is 4.77. The van der Waals surface area contributed by atoms with Crippen molar-refractivity contribution in [1.82, 2.24) is 4.72 Å². The third-order valence-corrected chi connectivity index (χ3v) is 5.71. The topological polar surface area (TPSA) is 64.6 Å². The summed E-state index contributed by atoms with van der Waals surface area (Å²) < 4.78 is 37.9. The smallest absolute Gasteiger partial charge is 0.244 e. The molecule has 0 saturated carbocycles. The highest BCUT2D eigenvalue weighted by Gasteiger charge is 2.19. The molecule has 6 heteroatoms. The predicted octanol–water partition coefficient (Wildman–Crippen LogP) is 4.51. The fraction of sp³-hybridized carbons (Fsp3) is 0.684. The molecule has 25 heavy (non-hydrogen) atoms. The lowest BCUT2D eigenvalue weighted by atomic mass is 10.1. The lowest BCUT2D eigenvalue weighted by Gasteiger charge is -2.12. The fourth-order valence-corrected chi connectivity index (χ4v) is 3.97. The van der Waals surface area contributed by atoms with E-state index in [1.54, 1.807) is 12.1 Å². The molecule has 0 bridgehead atoms. The first-order valence-corrected chi connectivity index (χ1v) is 10.7. The van der Waals surface area contributed by atoms with E-state index in [2.05, 4.69) is 11.6 Å². The molecule has 0 aliphatic heterocycles. The Morgan fingerprint density at radius 1 is 0.880 bits per heavy atom. The van der Waals surface area contributed by atoms with Gasteiger partial charge in [0.2, 0.25) is 10.0 Å². The lowest BCUT2D eigenvalue weighted by molar-refractivity contribution is 0.392. The number of benzene rings is 1. The van der Waals surface area contributed by atoms with Crippen LogP contribution < -0.4 is 14.2 Å². The van der Waals surface area contributed by atoms with E-state index in [0.717, 1.165) is 19.3 Å². The first-order chi connectivity index (χ1) is 12.0. The average Bonchev–Trinajstić information content (AvgIpc) is 2.62. The number of hydrogen-bond donors (Lipinski definition) is 1. The number of unbranched alkanes of at least 4 members (excludes halogenated alkanes) is 8. The maximum atomic E-state index is 12.5. The van der Waals surface area contributed by atoms with Gasteiger partial charge >= 0.3 is 0 Å². The molecule has 0 amide bonds. The van der Waals surface area contributed by atoms with E-state index in [1.807, 2.05) is 0 Å². The maximum absolute atomic E-state index is 12.5. The average molecular weight is 372 g/mol. The van der Waals surface area contributed by atoms with Crippen molar-refractivity contribution in [3.8, 4) is 11.5 Å². The molecular weight excluding hydrogens is 338 g/mol. The van der Waals surface area contributed by atoms with E-state index in [-0.39, 0.29) is 4.90 Å². The van der Waals surface area contributed by atoms with Crippen molar-refractivity contribution in [2.45, 2.75) is 69.6 Å². The minimum absolute atomic E-state index is 0.116. The molecule has 144 valence electrons. The molecule has 0 atom stereocenters. The third-order valence-electron chi connectivity index (χ3n) is 4.23. The first-order valence-electron chi connectivity index (χ1n) is 9.27. The van der Waals surface area contributed by atoms with Crippen molar-refractivity contribution in [2.24, 2.45) is 0 Å². The van der Waals surface area contributed by atoms with Gasteiger partial charge in [-0.25, -0.2) is 13.1 Å². The van der Waals surface area contributed by atoms with Gasteiger partial charge in [0, 0.05) is 12.6 Å². The zero-order chi connectivity index (χ0) is 18.5. The van der Waals surface area contributed by atoms with Crippen molar-refractivity contribution in [1.29, 1.82) is 0 Å². The second kappa shape index (κ2) is 12.1. The SMILES string of the molecule is CCCCCCCCCCCNS(=O)(=O)c1cc(OC)ccc1OC. The molecule has 0 fully saturated rings. The second-order valence-corrected chi connectivity index (χ2v) is 7.98. The molecule has 0 aliphatic rings. The number of nitrogens with one attached hydrogen (secondary N) is 1. The minimum atomic E-state index is -3.60. The van der Waals surface area contributed by atoms with Gasteiger partial charge in [0.25, 0.3) is 0 Å². The Bertz CT molecular complexity index is 587. The van der Waals surface area contributed by atoms with Gasteiger partial charge in [-0.3, -0.25) is 0 Å². The van der Waals surface area contributed by atoms with Gasteiger partial charge < -0.3 is 9.47 Å². The summed E-state index contributed by atoms with van der Waals surface area (Å²) in [6.45, 7) is 2.67. The van der Waals surface area contributed by atoms with Gasteiger partial charge in [0.15, 0.2) is 0 Å². The minimum Gasteiger partial charge on any atom is -0.497 e. The molecule has 0 radical (unpaired) electrons. The van der Waals surface area contributed by atoms with Gasteiger partial charge in [-0.15, -0.1) is 0 Å². The highest BCUT2D eigenvalue weighted by atomic mass is 32.2. The fourth-order valence-electron chi connectivity index (χ4n) is 2.71. The Morgan fingerprint density at radius 2 is 1.48 bits per heavy atom. The molecule has 0 saturated heterocycles. The lowest BCUT2D eigenvalue weighted by Crippen LogP contribution is -2.25. The van der Waals surface area contributed by atoms with Crippen molar-refractivity contribution in [3.05, 3.63) is 18.2 Å². The molecule has 1 aromatic rings. The number of hydrogen-bond acceptors (Lipinski definition) is 4. The van der Waals surface area contributed by atoms with Gasteiger partial charge in [0.1, 0.15) is 16.4 Å². The molecule has 0 unspecified atom stereocenters. The summed E-state index contributed by atoms with van der Waals surface area (Å²) in [6.07, 6.45) is 10.8.